The minimum atomic E-state index is -0.491. The molecule has 0 radical (unpaired) electrons. The molecule has 10 heteroatoms. The summed E-state index contributed by atoms with van der Waals surface area (Å²) in [5.74, 6) is 0.370. The summed E-state index contributed by atoms with van der Waals surface area (Å²) in [6, 6.07) is 5.72. The molecule has 0 bridgehead atoms. The van der Waals surface area contributed by atoms with Gasteiger partial charge in [0.2, 0.25) is 11.8 Å². The van der Waals surface area contributed by atoms with E-state index in [1.54, 1.807) is 0 Å². The van der Waals surface area contributed by atoms with Crippen molar-refractivity contribution in [2.45, 2.75) is 0 Å². The number of hydrogen-bond acceptors (Lipinski definition) is 8. The fraction of sp³-hybridized carbons (Fsp3) is 0.0909. The van der Waals surface area contributed by atoms with Crippen molar-refractivity contribution < 1.29 is 14.1 Å². The van der Waals surface area contributed by atoms with Crippen LogP contribution in [0.25, 0.3) is 11.5 Å². The Morgan fingerprint density at radius 1 is 1.33 bits per heavy atom. The van der Waals surface area contributed by atoms with Crippen molar-refractivity contribution in [3.8, 4) is 11.5 Å². The van der Waals surface area contributed by atoms with Crippen LogP contribution in [0.15, 0.2) is 33.7 Å². The molecule has 0 unspecified atom stereocenters. The van der Waals surface area contributed by atoms with Crippen LogP contribution in [-0.4, -0.2) is 31.9 Å². The fourth-order valence-electron chi connectivity index (χ4n) is 1.58. The summed E-state index contributed by atoms with van der Waals surface area (Å²) >= 11 is 1.24. The van der Waals surface area contributed by atoms with Crippen molar-refractivity contribution in [1.82, 2.24) is 15.5 Å². The van der Waals surface area contributed by atoms with E-state index >= 15 is 0 Å². The minimum Gasteiger partial charge on any atom is -0.402 e. The zero-order valence-electron chi connectivity index (χ0n) is 10.3. The highest BCUT2D eigenvalue weighted by molar-refractivity contribution is 8.15. The van der Waals surface area contributed by atoms with Crippen molar-refractivity contribution in [1.29, 1.82) is 0 Å². The van der Waals surface area contributed by atoms with Crippen molar-refractivity contribution in [2.24, 2.45) is 4.99 Å². The van der Waals surface area contributed by atoms with Crippen LogP contribution in [0, 0.1) is 10.1 Å². The summed E-state index contributed by atoms with van der Waals surface area (Å²) in [5.41, 5.74) is 0.520. The van der Waals surface area contributed by atoms with Crippen LogP contribution < -0.4 is 5.32 Å². The summed E-state index contributed by atoms with van der Waals surface area (Å²) in [7, 11) is 0. The summed E-state index contributed by atoms with van der Waals surface area (Å²) in [4.78, 5) is 25.1. The van der Waals surface area contributed by atoms with E-state index in [0.717, 1.165) is 0 Å². The Kier molecular flexibility index (Phi) is 3.36. The number of amidine groups is 1. The maximum absolute atomic E-state index is 11.0. The number of aliphatic imine (C=N–C) groups is 1. The molecule has 0 saturated carbocycles. The molecule has 1 fully saturated rings. The largest absolute Gasteiger partial charge is 0.402 e. The predicted octanol–water partition coefficient (Wildman–Crippen LogP) is 1.50. The van der Waals surface area contributed by atoms with Crippen LogP contribution in [0.4, 0.5) is 11.7 Å². The molecule has 1 aliphatic rings. The zero-order valence-corrected chi connectivity index (χ0v) is 11.2. The number of nitrogens with zero attached hydrogens (tertiary/aromatic N) is 4. The van der Waals surface area contributed by atoms with Gasteiger partial charge >= 0.3 is 6.01 Å². The van der Waals surface area contributed by atoms with Gasteiger partial charge in [-0.15, -0.1) is 5.10 Å². The fourth-order valence-corrected chi connectivity index (χ4v) is 2.24. The Morgan fingerprint density at radius 3 is 2.71 bits per heavy atom. The van der Waals surface area contributed by atoms with E-state index < -0.39 is 4.92 Å². The number of aromatic nitrogens is 2. The molecule has 0 atom stereocenters. The van der Waals surface area contributed by atoms with Crippen molar-refractivity contribution in [2.75, 3.05) is 5.75 Å². The Hall–Kier alpha value is -2.75. The van der Waals surface area contributed by atoms with E-state index in [1.807, 2.05) is 0 Å². The highest BCUT2D eigenvalue weighted by Crippen LogP contribution is 2.24. The van der Waals surface area contributed by atoms with Gasteiger partial charge in [0.15, 0.2) is 5.17 Å². The van der Waals surface area contributed by atoms with E-state index in [9.17, 15) is 14.9 Å². The van der Waals surface area contributed by atoms with E-state index in [4.69, 9.17) is 4.42 Å². The van der Waals surface area contributed by atoms with Gasteiger partial charge in [-0.25, -0.2) is 0 Å². The molecule has 2 heterocycles. The number of carbonyl (C=O) groups excluding carboxylic acids is 1. The molecule has 3 rings (SSSR count). The normalized spacial score (nSPS) is 16.2. The number of hydrogen-bond donors (Lipinski definition) is 1. The monoisotopic (exact) mass is 305 g/mol. The van der Waals surface area contributed by atoms with Crippen molar-refractivity contribution in [3.63, 3.8) is 0 Å². The van der Waals surface area contributed by atoms with E-state index in [0.29, 0.717) is 16.5 Å². The van der Waals surface area contributed by atoms with Crippen LogP contribution >= 0.6 is 11.8 Å². The summed E-state index contributed by atoms with van der Waals surface area (Å²) < 4.78 is 5.32. The molecule has 1 aliphatic heterocycles. The van der Waals surface area contributed by atoms with Gasteiger partial charge in [-0.2, -0.15) is 4.99 Å². The zero-order chi connectivity index (χ0) is 14.8. The van der Waals surface area contributed by atoms with Gasteiger partial charge in [0.1, 0.15) is 0 Å². The third-order valence-electron chi connectivity index (χ3n) is 2.52. The number of benzene rings is 1. The lowest BCUT2D eigenvalue weighted by Gasteiger charge is -1.94. The predicted molar refractivity (Wildman–Crippen MR) is 74.1 cm³/mol. The minimum absolute atomic E-state index is 0.00746. The SMILES string of the molecule is O=C1CS/C(=N\c2nnc(-c3ccc([N+](=O)[O-])cc3)o2)N1. The Balaban J connectivity index is 1.81. The molecule has 0 spiro atoms. The first-order chi connectivity index (χ1) is 10.1. The van der Waals surface area contributed by atoms with Gasteiger partial charge in [-0.3, -0.25) is 14.9 Å². The standard InChI is InChI=1S/C11H7N5O4S/c17-8-5-21-11(12-8)13-10-15-14-9(20-10)6-1-3-7(4-2-6)16(18)19/h1-4H,5H2,(H,12,13,15,17). The molecule has 1 aromatic carbocycles. The third-order valence-corrected chi connectivity index (χ3v) is 3.40. The molecule has 1 saturated heterocycles. The summed E-state index contributed by atoms with van der Waals surface area (Å²) in [6.45, 7) is 0. The lowest BCUT2D eigenvalue weighted by atomic mass is 10.2. The molecule has 21 heavy (non-hydrogen) atoms. The number of nitro groups is 1. The van der Waals surface area contributed by atoms with Crippen LogP contribution in [-0.2, 0) is 4.79 Å². The molecule has 106 valence electrons. The smallest absolute Gasteiger partial charge is 0.345 e. The Bertz CT molecular complexity index is 739. The Morgan fingerprint density at radius 2 is 2.10 bits per heavy atom. The quantitative estimate of drug-likeness (QED) is 0.673. The average molecular weight is 305 g/mol. The molecule has 1 aromatic heterocycles. The number of carbonyl (C=O) groups is 1. The second kappa shape index (κ2) is 5.32. The molecule has 1 amide bonds. The lowest BCUT2D eigenvalue weighted by Crippen LogP contribution is -2.19. The van der Waals surface area contributed by atoms with Gasteiger partial charge < -0.3 is 9.73 Å². The second-order valence-corrected chi connectivity index (χ2v) is 4.91. The van der Waals surface area contributed by atoms with Crippen LogP contribution in [0.5, 0.6) is 0 Å². The molecule has 9 nitrogen and oxygen atoms in total. The van der Waals surface area contributed by atoms with Gasteiger partial charge in [0.05, 0.1) is 10.7 Å². The maximum atomic E-state index is 11.0. The second-order valence-electron chi connectivity index (χ2n) is 3.95. The number of nitro benzene ring substituents is 1. The van der Waals surface area contributed by atoms with Crippen molar-refractivity contribution >= 4 is 34.5 Å². The molecular weight excluding hydrogens is 298 g/mol. The van der Waals surface area contributed by atoms with Crippen LogP contribution in [0.2, 0.25) is 0 Å². The number of thioether (sulfide) groups is 1. The molecule has 2 aromatic rings. The topological polar surface area (TPSA) is 124 Å². The summed E-state index contributed by atoms with van der Waals surface area (Å²) in [5, 5.41) is 21.1. The van der Waals surface area contributed by atoms with E-state index in [2.05, 4.69) is 20.5 Å². The highest BCUT2D eigenvalue weighted by Gasteiger charge is 2.18. The van der Waals surface area contributed by atoms with Crippen molar-refractivity contribution in [3.05, 3.63) is 34.4 Å². The highest BCUT2D eigenvalue weighted by atomic mass is 32.2. The van der Waals surface area contributed by atoms with Crippen LogP contribution in [0.1, 0.15) is 0 Å². The first-order valence-electron chi connectivity index (χ1n) is 5.71. The van der Waals surface area contributed by atoms with Gasteiger partial charge in [-0.05, 0) is 12.1 Å². The van der Waals surface area contributed by atoms with Gasteiger partial charge in [0, 0.05) is 17.7 Å². The average Bonchev–Trinajstić information content (AvgIpc) is 3.09. The van der Waals surface area contributed by atoms with E-state index in [-0.39, 0.29) is 23.5 Å². The molecule has 1 N–H and O–H groups in total. The third kappa shape index (κ3) is 2.89. The maximum Gasteiger partial charge on any atom is 0.345 e. The van der Waals surface area contributed by atoms with Gasteiger partial charge in [0.25, 0.3) is 5.69 Å². The number of non-ortho nitro benzene ring substituents is 1. The van der Waals surface area contributed by atoms with E-state index in [1.165, 1.54) is 36.0 Å². The molecular formula is C11H7N5O4S. The first-order valence-corrected chi connectivity index (χ1v) is 6.70. The van der Waals surface area contributed by atoms with Gasteiger partial charge in [-0.1, -0.05) is 16.9 Å². The summed E-state index contributed by atoms with van der Waals surface area (Å²) in [6.07, 6.45) is 0. The molecule has 0 aliphatic carbocycles. The Labute approximate surface area is 121 Å². The number of amides is 1. The lowest BCUT2D eigenvalue weighted by molar-refractivity contribution is -0.384. The number of nitrogens with one attached hydrogen (secondary N) is 1. The number of rotatable bonds is 3. The first kappa shape index (κ1) is 13.2. The van der Waals surface area contributed by atoms with Crippen LogP contribution in [0.3, 0.4) is 0 Å².